The van der Waals surface area contributed by atoms with Gasteiger partial charge in [-0.15, -0.1) is 0 Å². The molecule has 0 bridgehead atoms. The predicted molar refractivity (Wildman–Crippen MR) is 122 cm³/mol. The summed E-state index contributed by atoms with van der Waals surface area (Å²) in [6.45, 7) is 15.3. The Morgan fingerprint density at radius 1 is 0.821 bits per heavy atom. The highest BCUT2D eigenvalue weighted by Gasteiger charge is 2.59. The van der Waals surface area contributed by atoms with Crippen LogP contribution in [0, 0.1) is 58.2 Å². The molecule has 0 aliphatic heterocycles. The minimum absolute atomic E-state index is 0.620. The van der Waals surface area contributed by atoms with E-state index in [1.165, 1.54) is 57.8 Å². The first-order valence-electron chi connectivity index (χ1n) is 12.9. The summed E-state index contributed by atoms with van der Waals surface area (Å²) in [7, 11) is 0. The summed E-state index contributed by atoms with van der Waals surface area (Å²) in [5.74, 6) is 7.63. The Labute approximate surface area is 176 Å². The van der Waals surface area contributed by atoms with Gasteiger partial charge in [-0.25, -0.2) is 0 Å². The van der Waals surface area contributed by atoms with Crippen molar-refractivity contribution in [3.05, 3.63) is 12.2 Å². The highest BCUT2D eigenvalue weighted by atomic mass is 14.6. The largest absolute Gasteiger partial charge is 0.0882 e. The third-order valence-electron chi connectivity index (χ3n) is 11.1. The number of fused-ring (bicyclic) bond motifs is 5. The molecular formula is C28H48. The van der Waals surface area contributed by atoms with Crippen molar-refractivity contribution >= 4 is 0 Å². The lowest BCUT2D eigenvalue weighted by Gasteiger charge is -2.60. The molecule has 3 fully saturated rings. The topological polar surface area (TPSA) is 0 Å². The Morgan fingerprint density at radius 2 is 1.57 bits per heavy atom. The van der Waals surface area contributed by atoms with E-state index < -0.39 is 0 Å². The van der Waals surface area contributed by atoms with Crippen molar-refractivity contribution in [3.63, 3.8) is 0 Å². The fraction of sp³-hybridized carbons (Fsp3) is 0.929. The number of rotatable bonds is 5. The van der Waals surface area contributed by atoms with Gasteiger partial charge in [0.25, 0.3) is 0 Å². The first-order valence-corrected chi connectivity index (χ1v) is 12.9. The molecule has 4 aliphatic carbocycles. The second kappa shape index (κ2) is 7.77. The van der Waals surface area contributed by atoms with Crippen LogP contribution >= 0.6 is 0 Å². The summed E-state index contributed by atoms with van der Waals surface area (Å²) in [5.41, 5.74) is 1.27. The van der Waals surface area contributed by atoms with Crippen LogP contribution in [0.5, 0.6) is 0 Å². The third-order valence-corrected chi connectivity index (χ3v) is 11.1. The van der Waals surface area contributed by atoms with E-state index >= 15 is 0 Å². The van der Waals surface area contributed by atoms with Gasteiger partial charge in [-0.2, -0.15) is 0 Å². The molecule has 0 spiro atoms. The maximum Gasteiger partial charge on any atom is -0.0177 e. The fourth-order valence-corrected chi connectivity index (χ4v) is 8.86. The summed E-state index contributed by atoms with van der Waals surface area (Å²) in [6.07, 6.45) is 20.0. The normalized spacial score (nSPS) is 47.3. The van der Waals surface area contributed by atoms with Crippen LogP contribution in [-0.2, 0) is 0 Å². The highest BCUT2D eigenvalue weighted by Crippen LogP contribution is 2.67. The van der Waals surface area contributed by atoms with Gasteiger partial charge in [0.15, 0.2) is 0 Å². The molecule has 0 saturated heterocycles. The van der Waals surface area contributed by atoms with Crippen LogP contribution in [0.25, 0.3) is 0 Å². The summed E-state index contributed by atoms with van der Waals surface area (Å²) in [5, 5.41) is 0. The molecule has 0 aromatic rings. The van der Waals surface area contributed by atoms with E-state index in [4.69, 9.17) is 0 Å². The van der Waals surface area contributed by atoms with Gasteiger partial charge in [0.2, 0.25) is 0 Å². The third kappa shape index (κ3) is 3.33. The lowest BCUT2D eigenvalue weighted by Crippen LogP contribution is -2.52. The van der Waals surface area contributed by atoms with Crippen molar-refractivity contribution in [2.75, 3.05) is 0 Å². The minimum Gasteiger partial charge on any atom is -0.0882 e. The molecule has 160 valence electrons. The SMILES string of the molecule is CC(C)[C@H](C)CC[C@@H](C)[C@H]1CC[C@H]2[C@@H]3CC[C@H]4C=CCC[C@]4(C)[C@H]3CC[C@]12C. The van der Waals surface area contributed by atoms with Crippen LogP contribution in [0.2, 0.25) is 0 Å². The lowest BCUT2D eigenvalue weighted by atomic mass is 9.45. The molecular weight excluding hydrogens is 336 g/mol. The average Bonchev–Trinajstić information content (AvgIpc) is 3.02. The molecule has 4 rings (SSSR count). The Kier molecular flexibility index (Phi) is 5.83. The second-order valence-electron chi connectivity index (χ2n) is 12.5. The Balaban J connectivity index is 1.47. The monoisotopic (exact) mass is 384 g/mol. The number of hydrogen-bond acceptors (Lipinski definition) is 0. The molecule has 0 aromatic carbocycles. The molecule has 0 N–H and O–H groups in total. The second-order valence-corrected chi connectivity index (χ2v) is 12.5. The van der Waals surface area contributed by atoms with E-state index in [-0.39, 0.29) is 0 Å². The van der Waals surface area contributed by atoms with E-state index in [0.717, 1.165) is 47.3 Å². The first-order chi connectivity index (χ1) is 13.3. The molecule has 0 unspecified atom stereocenters. The van der Waals surface area contributed by atoms with Crippen molar-refractivity contribution in [1.29, 1.82) is 0 Å². The van der Waals surface area contributed by atoms with E-state index in [2.05, 4.69) is 53.7 Å². The zero-order chi connectivity index (χ0) is 20.1. The van der Waals surface area contributed by atoms with Crippen LogP contribution in [-0.4, -0.2) is 0 Å². The molecule has 0 nitrogen and oxygen atoms in total. The molecule has 0 amide bonds. The summed E-state index contributed by atoms with van der Waals surface area (Å²) < 4.78 is 0. The van der Waals surface area contributed by atoms with Crippen molar-refractivity contribution in [1.82, 2.24) is 0 Å². The van der Waals surface area contributed by atoms with Crippen LogP contribution in [0.4, 0.5) is 0 Å². The van der Waals surface area contributed by atoms with Crippen molar-refractivity contribution < 1.29 is 0 Å². The fourth-order valence-electron chi connectivity index (χ4n) is 8.86. The van der Waals surface area contributed by atoms with Gasteiger partial charge in [0, 0.05) is 0 Å². The quantitative estimate of drug-likeness (QED) is 0.417. The van der Waals surface area contributed by atoms with Crippen LogP contribution in [0.15, 0.2) is 12.2 Å². The minimum atomic E-state index is 0.620. The Hall–Kier alpha value is -0.260. The van der Waals surface area contributed by atoms with Gasteiger partial charge in [-0.1, -0.05) is 66.5 Å². The van der Waals surface area contributed by atoms with Crippen LogP contribution in [0.3, 0.4) is 0 Å². The van der Waals surface area contributed by atoms with E-state index in [1.807, 2.05) is 0 Å². The van der Waals surface area contributed by atoms with Gasteiger partial charge in [-0.3, -0.25) is 0 Å². The van der Waals surface area contributed by atoms with Crippen molar-refractivity contribution in [3.8, 4) is 0 Å². The maximum atomic E-state index is 2.74. The predicted octanol–water partition coefficient (Wildman–Crippen LogP) is 8.52. The smallest absolute Gasteiger partial charge is 0.0177 e. The zero-order valence-electron chi connectivity index (χ0n) is 19.8. The van der Waals surface area contributed by atoms with E-state index in [1.54, 1.807) is 6.42 Å². The lowest BCUT2D eigenvalue weighted by molar-refractivity contribution is -0.0956. The van der Waals surface area contributed by atoms with Crippen LogP contribution < -0.4 is 0 Å². The highest BCUT2D eigenvalue weighted by molar-refractivity contribution is 5.13. The molecule has 4 aliphatic rings. The molecule has 0 aromatic heterocycles. The van der Waals surface area contributed by atoms with Crippen molar-refractivity contribution in [2.24, 2.45) is 58.2 Å². The molecule has 9 atom stereocenters. The van der Waals surface area contributed by atoms with Crippen LogP contribution in [0.1, 0.15) is 106 Å². The van der Waals surface area contributed by atoms with Gasteiger partial charge in [-0.05, 0) is 110 Å². The average molecular weight is 385 g/mol. The molecule has 3 saturated carbocycles. The Morgan fingerprint density at radius 3 is 2.32 bits per heavy atom. The van der Waals surface area contributed by atoms with Crippen molar-refractivity contribution in [2.45, 2.75) is 106 Å². The Bertz CT molecular complexity index is 573. The van der Waals surface area contributed by atoms with E-state index in [9.17, 15) is 0 Å². The number of allylic oxidation sites excluding steroid dienone is 2. The summed E-state index contributed by atoms with van der Waals surface area (Å²) in [6, 6.07) is 0. The molecule has 28 heavy (non-hydrogen) atoms. The maximum absolute atomic E-state index is 2.74. The van der Waals surface area contributed by atoms with Gasteiger partial charge in [0.05, 0.1) is 0 Å². The molecule has 0 heterocycles. The zero-order valence-corrected chi connectivity index (χ0v) is 19.8. The van der Waals surface area contributed by atoms with Gasteiger partial charge in [0.1, 0.15) is 0 Å². The van der Waals surface area contributed by atoms with Gasteiger partial charge >= 0.3 is 0 Å². The summed E-state index contributed by atoms with van der Waals surface area (Å²) in [4.78, 5) is 0. The molecule has 0 heteroatoms. The number of hydrogen-bond donors (Lipinski definition) is 0. The van der Waals surface area contributed by atoms with E-state index in [0.29, 0.717) is 10.8 Å². The van der Waals surface area contributed by atoms with Gasteiger partial charge < -0.3 is 0 Å². The summed E-state index contributed by atoms with van der Waals surface area (Å²) >= 11 is 0. The molecule has 0 radical (unpaired) electrons. The standard InChI is InChI=1S/C28H48/c1-19(2)20(3)10-11-21(4)24-14-15-25-23-13-12-22-9-7-8-17-27(22,5)26(23)16-18-28(24,25)6/h7,9,19-26H,8,10-18H2,1-6H3/t20-,21-,22-,23+,24-,25+,26+,27+,28-/m1/s1. The first kappa shape index (κ1) is 21.0.